The molecule has 1 amide bonds. The predicted molar refractivity (Wildman–Crippen MR) is 91.0 cm³/mol. The van der Waals surface area contributed by atoms with Crippen molar-refractivity contribution in [2.24, 2.45) is 0 Å². The molecule has 2 aromatic carbocycles. The highest BCUT2D eigenvalue weighted by atomic mass is 16.6. The lowest BCUT2D eigenvalue weighted by Crippen LogP contribution is -2.23. The van der Waals surface area contributed by atoms with Gasteiger partial charge in [0.1, 0.15) is 13.2 Å². The number of amides is 1. The van der Waals surface area contributed by atoms with Gasteiger partial charge in [0.15, 0.2) is 17.3 Å². The molecule has 1 heterocycles. The van der Waals surface area contributed by atoms with Crippen LogP contribution < -0.4 is 20.1 Å². The third-order valence-electron chi connectivity index (χ3n) is 3.56. The van der Waals surface area contributed by atoms with Gasteiger partial charge in [0.25, 0.3) is 0 Å². The maximum Gasteiger partial charge on any atom is 0.243 e. The summed E-state index contributed by atoms with van der Waals surface area (Å²) in [5.41, 5.74) is 1.85. The van der Waals surface area contributed by atoms with Crippen LogP contribution in [-0.4, -0.2) is 31.4 Å². The van der Waals surface area contributed by atoms with Crippen LogP contribution in [0.2, 0.25) is 0 Å². The number of ether oxygens (including phenoxy) is 2. The van der Waals surface area contributed by atoms with Crippen LogP contribution in [0, 0.1) is 0 Å². The number of hydrogen-bond donors (Lipinski definition) is 2. The molecule has 0 saturated heterocycles. The third-order valence-corrected chi connectivity index (χ3v) is 3.56. The number of hydrogen-bond acceptors (Lipinski definition) is 5. The number of nitrogens with one attached hydrogen (secondary N) is 2. The molecule has 0 saturated carbocycles. The molecule has 0 radical (unpaired) electrons. The van der Waals surface area contributed by atoms with Crippen molar-refractivity contribution in [1.29, 1.82) is 0 Å². The number of para-hydroxylation sites is 1. The summed E-state index contributed by atoms with van der Waals surface area (Å²) in [7, 11) is 0. The smallest absolute Gasteiger partial charge is 0.243 e. The monoisotopic (exact) mass is 326 g/mol. The number of benzene rings is 2. The molecular formula is C18H18N2O4. The summed E-state index contributed by atoms with van der Waals surface area (Å²) in [5.74, 6) is 1.03. The molecule has 3 rings (SSSR count). The summed E-state index contributed by atoms with van der Waals surface area (Å²) >= 11 is 0. The molecule has 1 aliphatic rings. The minimum atomic E-state index is -0.218. The molecule has 2 aromatic rings. The lowest BCUT2D eigenvalue weighted by atomic mass is 10.1. The molecule has 0 unspecified atom stereocenters. The molecule has 6 nitrogen and oxygen atoms in total. The molecule has 124 valence electrons. The fraction of sp³-hybridized carbons (Fsp3) is 0.222. The molecule has 0 atom stereocenters. The topological polar surface area (TPSA) is 76.7 Å². The zero-order valence-electron chi connectivity index (χ0n) is 13.3. The highest BCUT2D eigenvalue weighted by molar-refractivity contribution is 5.98. The van der Waals surface area contributed by atoms with Gasteiger partial charge in [0.05, 0.1) is 12.2 Å². The number of Topliss-reactive ketones (excluding diaryl/α,β-unsaturated/α-hetero) is 1. The zero-order valence-corrected chi connectivity index (χ0v) is 13.3. The van der Waals surface area contributed by atoms with E-state index in [1.807, 2.05) is 18.2 Å². The van der Waals surface area contributed by atoms with Crippen molar-refractivity contribution >= 4 is 23.1 Å². The first-order valence-corrected chi connectivity index (χ1v) is 7.67. The van der Waals surface area contributed by atoms with Crippen molar-refractivity contribution in [2.45, 2.75) is 6.92 Å². The number of fused-ring (bicyclic) bond motifs is 1. The summed E-state index contributed by atoms with van der Waals surface area (Å²) in [5, 5.41) is 5.81. The summed E-state index contributed by atoms with van der Waals surface area (Å²) in [6.07, 6.45) is 0. The number of anilines is 2. The van der Waals surface area contributed by atoms with E-state index < -0.39 is 0 Å². The molecule has 6 heteroatoms. The molecule has 0 fully saturated rings. The standard InChI is InChI=1S/C18H18N2O4/c1-12(21)13-4-2-5-14(10-13)20-17(22)11-19-15-6-3-7-16-18(15)24-9-8-23-16/h2-7,10,19H,8-9,11H2,1H3,(H,20,22). The van der Waals surface area contributed by atoms with E-state index in [-0.39, 0.29) is 18.2 Å². The predicted octanol–water partition coefficient (Wildman–Crippen LogP) is 2.71. The van der Waals surface area contributed by atoms with Crippen LogP contribution >= 0.6 is 0 Å². The van der Waals surface area contributed by atoms with Gasteiger partial charge in [-0.1, -0.05) is 18.2 Å². The van der Waals surface area contributed by atoms with Crippen LogP contribution in [0.15, 0.2) is 42.5 Å². The molecule has 0 aromatic heterocycles. The first kappa shape index (κ1) is 15.9. The van der Waals surface area contributed by atoms with Crippen molar-refractivity contribution in [2.75, 3.05) is 30.4 Å². The Kier molecular flexibility index (Phi) is 4.65. The van der Waals surface area contributed by atoms with Gasteiger partial charge < -0.3 is 20.1 Å². The number of rotatable bonds is 5. The van der Waals surface area contributed by atoms with Crippen LogP contribution in [0.3, 0.4) is 0 Å². The van der Waals surface area contributed by atoms with E-state index in [2.05, 4.69) is 10.6 Å². The SMILES string of the molecule is CC(=O)c1cccc(NC(=O)CNc2cccc3c2OCCO3)c1. The van der Waals surface area contributed by atoms with Crippen LogP contribution in [0.1, 0.15) is 17.3 Å². The first-order chi connectivity index (χ1) is 11.6. The Hall–Kier alpha value is -3.02. The fourth-order valence-corrected chi connectivity index (χ4v) is 2.41. The minimum absolute atomic E-state index is 0.0442. The van der Waals surface area contributed by atoms with Gasteiger partial charge in [0, 0.05) is 11.3 Å². The second-order valence-corrected chi connectivity index (χ2v) is 5.37. The number of carbonyl (C=O) groups excluding carboxylic acids is 2. The van der Waals surface area contributed by atoms with Gasteiger partial charge in [0.2, 0.25) is 5.91 Å². The zero-order chi connectivity index (χ0) is 16.9. The molecule has 1 aliphatic heterocycles. The summed E-state index contributed by atoms with van der Waals surface area (Å²) in [6, 6.07) is 12.3. The van der Waals surface area contributed by atoms with Crippen molar-refractivity contribution in [3.05, 3.63) is 48.0 Å². The molecular weight excluding hydrogens is 308 g/mol. The van der Waals surface area contributed by atoms with E-state index >= 15 is 0 Å². The van der Waals surface area contributed by atoms with Gasteiger partial charge in [-0.2, -0.15) is 0 Å². The Morgan fingerprint density at radius 1 is 1.08 bits per heavy atom. The average molecular weight is 326 g/mol. The highest BCUT2D eigenvalue weighted by Crippen LogP contribution is 2.37. The maximum absolute atomic E-state index is 12.1. The van der Waals surface area contributed by atoms with Gasteiger partial charge in [-0.05, 0) is 31.2 Å². The van der Waals surface area contributed by atoms with Crippen molar-refractivity contribution in [3.63, 3.8) is 0 Å². The van der Waals surface area contributed by atoms with Crippen LogP contribution in [0.4, 0.5) is 11.4 Å². The lowest BCUT2D eigenvalue weighted by Gasteiger charge is -2.21. The second-order valence-electron chi connectivity index (χ2n) is 5.37. The van der Waals surface area contributed by atoms with Gasteiger partial charge >= 0.3 is 0 Å². The Labute approximate surface area is 139 Å². The Balaban J connectivity index is 1.62. The Morgan fingerprint density at radius 3 is 2.71 bits per heavy atom. The van der Waals surface area contributed by atoms with Gasteiger partial charge in [-0.25, -0.2) is 0 Å². The highest BCUT2D eigenvalue weighted by Gasteiger charge is 2.16. The average Bonchev–Trinajstić information content (AvgIpc) is 2.60. The second kappa shape index (κ2) is 7.04. The largest absolute Gasteiger partial charge is 0.486 e. The quantitative estimate of drug-likeness (QED) is 0.826. The summed E-state index contributed by atoms with van der Waals surface area (Å²) < 4.78 is 11.1. The van der Waals surface area contributed by atoms with Gasteiger partial charge in [-0.15, -0.1) is 0 Å². The molecule has 0 bridgehead atoms. The maximum atomic E-state index is 12.1. The summed E-state index contributed by atoms with van der Waals surface area (Å²) in [4.78, 5) is 23.5. The molecule has 24 heavy (non-hydrogen) atoms. The van der Waals surface area contributed by atoms with Crippen LogP contribution in [0.5, 0.6) is 11.5 Å². The Morgan fingerprint density at radius 2 is 1.88 bits per heavy atom. The number of ketones is 1. The van der Waals surface area contributed by atoms with Crippen molar-refractivity contribution in [1.82, 2.24) is 0 Å². The minimum Gasteiger partial charge on any atom is -0.486 e. The van der Waals surface area contributed by atoms with Gasteiger partial charge in [-0.3, -0.25) is 9.59 Å². The van der Waals surface area contributed by atoms with E-state index in [1.54, 1.807) is 24.3 Å². The van der Waals surface area contributed by atoms with Crippen LogP contribution in [-0.2, 0) is 4.79 Å². The molecule has 2 N–H and O–H groups in total. The van der Waals surface area contributed by atoms with E-state index in [0.717, 1.165) is 0 Å². The third kappa shape index (κ3) is 3.65. The van der Waals surface area contributed by atoms with Crippen LogP contribution in [0.25, 0.3) is 0 Å². The normalized spacial score (nSPS) is 12.4. The molecule has 0 spiro atoms. The van der Waals surface area contributed by atoms with E-state index in [4.69, 9.17) is 9.47 Å². The number of carbonyl (C=O) groups is 2. The van der Waals surface area contributed by atoms with E-state index in [1.165, 1.54) is 6.92 Å². The van der Waals surface area contributed by atoms with Crippen molar-refractivity contribution < 1.29 is 19.1 Å². The summed E-state index contributed by atoms with van der Waals surface area (Å²) in [6.45, 7) is 2.56. The van der Waals surface area contributed by atoms with E-state index in [9.17, 15) is 9.59 Å². The lowest BCUT2D eigenvalue weighted by molar-refractivity contribution is -0.114. The fourth-order valence-electron chi connectivity index (χ4n) is 2.41. The molecule has 0 aliphatic carbocycles. The Bertz CT molecular complexity index is 773. The first-order valence-electron chi connectivity index (χ1n) is 7.67. The van der Waals surface area contributed by atoms with Crippen molar-refractivity contribution in [3.8, 4) is 11.5 Å². The van der Waals surface area contributed by atoms with E-state index in [0.29, 0.717) is 41.7 Å².